The molecule has 1 fully saturated rings. The number of halogens is 1. The normalized spacial score (nSPS) is 15.7. The highest BCUT2D eigenvalue weighted by Gasteiger charge is 2.21. The van der Waals surface area contributed by atoms with Crippen LogP contribution in [0, 0.1) is 5.82 Å². The number of guanidine groups is 1. The zero-order valence-corrected chi connectivity index (χ0v) is 13.7. The highest BCUT2D eigenvalue weighted by atomic mass is 19.1. The molecule has 3 rings (SSSR count). The molecule has 2 aromatic rings. The number of furan rings is 1. The monoisotopic (exact) mass is 332 g/mol. The molecule has 128 valence electrons. The number of aromatic nitrogens is 2. The predicted octanol–water partition coefficient (Wildman–Crippen LogP) is 1.15. The number of nitrogens with zero attached hydrogens (tertiary/aromatic N) is 5. The summed E-state index contributed by atoms with van der Waals surface area (Å²) in [5, 5.41) is 3.36. The Labute approximate surface area is 140 Å². The van der Waals surface area contributed by atoms with Gasteiger partial charge in [0.1, 0.15) is 5.76 Å². The Morgan fingerprint density at radius 3 is 2.67 bits per heavy atom. The molecule has 0 spiro atoms. The first kappa shape index (κ1) is 16.2. The summed E-state index contributed by atoms with van der Waals surface area (Å²) in [6.45, 7) is 3.92. The molecule has 1 saturated heterocycles. The van der Waals surface area contributed by atoms with Crippen molar-refractivity contribution < 1.29 is 8.81 Å². The second-order valence-corrected chi connectivity index (χ2v) is 5.48. The average Bonchev–Trinajstić information content (AvgIpc) is 3.13. The van der Waals surface area contributed by atoms with Gasteiger partial charge in [-0.25, -0.2) is 14.4 Å². The van der Waals surface area contributed by atoms with Crippen molar-refractivity contribution in [1.82, 2.24) is 20.2 Å². The Morgan fingerprint density at radius 1 is 1.29 bits per heavy atom. The molecule has 8 heteroatoms. The van der Waals surface area contributed by atoms with Gasteiger partial charge in [0.2, 0.25) is 5.95 Å². The van der Waals surface area contributed by atoms with Crippen LogP contribution in [0.1, 0.15) is 5.76 Å². The van der Waals surface area contributed by atoms with Crippen LogP contribution in [0.4, 0.5) is 10.3 Å². The van der Waals surface area contributed by atoms with Crippen LogP contribution in [0.5, 0.6) is 0 Å². The maximum absolute atomic E-state index is 12.9. The average molecular weight is 332 g/mol. The smallest absolute Gasteiger partial charge is 0.225 e. The molecular formula is C16H21FN6O. The standard InChI is InChI=1S/C16H21FN6O/c1-18-15(19-5-4-14-3-2-10-24-14)22-6-8-23(9-7-22)16-20-11-13(17)12-21-16/h2-3,10-12H,4-9H2,1H3,(H,18,19). The van der Waals surface area contributed by atoms with Gasteiger partial charge in [0, 0.05) is 46.2 Å². The molecular weight excluding hydrogens is 311 g/mol. The van der Waals surface area contributed by atoms with E-state index in [4.69, 9.17) is 4.42 Å². The van der Waals surface area contributed by atoms with E-state index in [1.54, 1.807) is 13.3 Å². The van der Waals surface area contributed by atoms with E-state index in [0.29, 0.717) is 5.95 Å². The number of nitrogens with one attached hydrogen (secondary N) is 1. The third kappa shape index (κ3) is 4.01. The number of anilines is 1. The molecule has 0 amide bonds. The highest BCUT2D eigenvalue weighted by Crippen LogP contribution is 2.10. The van der Waals surface area contributed by atoms with Gasteiger partial charge in [-0.2, -0.15) is 0 Å². The quantitative estimate of drug-likeness (QED) is 0.669. The van der Waals surface area contributed by atoms with E-state index in [9.17, 15) is 4.39 Å². The lowest BCUT2D eigenvalue weighted by Gasteiger charge is -2.36. The second kappa shape index (κ2) is 7.76. The van der Waals surface area contributed by atoms with E-state index < -0.39 is 5.82 Å². The predicted molar refractivity (Wildman–Crippen MR) is 89.5 cm³/mol. The summed E-state index contributed by atoms with van der Waals surface area (Å²) in [6, 6.07) is 3.85. The summed E-state index contributed by atoms with van der Waals surface area (Å²) in [6.07, 6.45) is 4.89. The van der Waals surface area contributed by atoms with Gasteiger partial charge in [0.05, 0.1) is 18.7 Å². The fraction of sp³-hybridized carbons (Fsp3) is 0.438. The number of hydrogen-bond donors (Lipinski definition) is 1. The Kier molecular flexibility index (Phi) is 5.25. The van der Waals surface area contributed by atoms with Crippen LogP contribution >= 0.6 is 0 Å². The number of hydrogen-bond acceptors (Lipinski definition) is 5. The van der Waals surface area contributed by atoms with Crippen LogP contribution in [-0.4, -0.2) is 60.6 Å². The maximum Gasteiger partial charge on any atom is 0.225 e. The molecule has 7 nitrogen and oxygen atoms in total. The Balaban J connectivity index is 1.48. The zero-order chi connectivity index (χ0) is 16.8. The molecule has 0 radical (unpaired) electrons. The summed E-state index contributed by atoms with van der Waals surface area (Å²) in [5.41, 5.74) is 0. The topological polar surface area (TPSA) is 69.8 Å². The van der Waals surface area contributed by atoms with Crippen molar-refractivity contribution in [2.75, 3.05) is 44.7 Å². The van der Waals surface area contributed by atoms with Gasteiger partial charge in [-0.3, -0.25) is 4.99 Å². The van der Waals surface area contributed by atoms with E-state index in [0.717, 1.165) is 50.9 Å². The number of piperazine rings is 1. The molecule has 1 N–H and O–H groups in total. The van der Waals surface area contributed by atoms with Crippen LogP contribution in [0.3, 0.4) is 0 Å². The van der Waals surface area contributed by atoms with Crippen molar-refractivity contribution in [1.29, 1.82) is 0 Å². The SMILES string of the molecule is CN=C(NCCc1ccco1)N1CCN(c2ncc(F)cn2)CC1. The molecule has 0 bridgehead atoms. The second-order valence-electron chi connectivity index (χ2n) is 5.48. The van der Waals surface area contributed by atoms with E-state index in [2.05, 4.69) is 25.2 Å². The Bertz CT molecular complexity index is 650. The number of rotatable bonds is 4. The van der Waals surface area contributed by atoms with Gasteiger partial charge in [-0.15, -0.1) is 0 Å². The molecule has 24 heavy (non-hydrogen) atoms. The summed E-state index contributed by atoms with van der Waals surface area (Å²) >= 11 is 0. The largest absolute Gasteiger partial charge is 0.469 e. The van der Waals surface area contributed by atoms with Crippen LogP contribution < -0.4 is 10.2 Å². The molecule has 0 aromatic carbocycles. The van der Waals surface area contributed by atoms with Crippen LogP contribution in [-0.2, 0) is 6.42 Å². The molecule has 1 aliphatic heterocycles. The maximum atomic E-state index is 12.9. The van der Waals surface area contributed by atoms with Gasteiger partial charge in [-0.05, 0) is 12.1 Å². The van der Waals surface area contributed by atoms with Crippen molar-refractivity contribution >= 4 is 11.9 Å². The van der Waals surface area contributed by atoms with Gasteiger partial charge < -0.3 is 19.5 Å². The molecule has 1 aliphatic rings. The van der Waals surface area contributed by atoms with Gasteiger partial charge >= 0.3 is 0 Å². The minimum absolute atomic E-state index is 0.418. The third-order valence-corrected chi connectivity index (χ3v) is 3.92. The molecule has 0 saturated carbocycles. The first-order valence-corrected chi connectivity index (χ1v) is 7.97. The van der Waals surface area contributed by atoms with Crippen molar-refractivity contribution in [3.05, 3.63) is 42.4 Å². The van der Waals surface area contributed by atoms with E-state index in [1.807, 2.05) is 17.0 Å². The highest BCUT2D eigenvalue weighted by molar-refractivity contribution is 5.80. The van der Waals surface area contributed by atoms with Gasteiger partial charge in [0.15, 0.2) is 11.8 Å². The van der Waals surface area contributed by atoms with Gasteiger partial charge in [0.25, 0.3) is 0 Å². The summed E-state index contributed by atoms with van der Waals surface area (Å²) in [5.74, 6) is 1.98. The number of aliphatic imine (C=N–C) groups is 1. The Hall–Kier alpha value is -2.64. The van der Waals surface area contributed by atoms with Crippen molar-refractivity contribution in [3.63, 3.8) is 0 Å². The first-order valence-electron chi connectivity index (χ1n) is 7.97. The lowest BCUT2D eigenvalue weighted by Crippen LogP contribution is -2.53. The fourth-order valence-corrected chi connectivity index (χ4v) is 2.67. The first-order chi connectivity index (χ1) is 11.8. The van der Waals surface area contributed by atoms with Crippen molar-refractivity contribution in [3.8, 4) is 0 Å². The lowest BCUT2D eigenvalue weighted by atomic mass is 10.3. The van der Waals surface area contributed by atoms with E-state index >= 15 is 0 Å². The summed E-state index contributed by atoms with van der Waals surface area (Å²) in [4.78, 5) is 16.7. The van der Waals surface area contributed by atoms with E-state index in [1.165, 1.54) is 12.4 Å². The minimum Gasteiger partial charge on any atom is -0.469 e. The van der Waals surface area contributed by atoms with E-state index in [-0.39, 0.29) is 0 Å². The zero-order valence-electron chi connectivity index (χ0n) is 13.7. The molecule has 2 aromatic heterocycles. The van der Waals surface area contributed by atoms with Crippen molar-refractivity contribution in [2.45, 2.75) is 6.42 Å². The molecule has 0 unspecified atom stereocenters. The minimum atomic E-state index is -0.418. The van der Waals surface area contributed by atoms with Gasteiger partial charge in [-0.1, -0.05) is 0 Å². The molecule has 3 heterocycles. The van der Waals surface area contributed by atoms with Crippen LogP contribution in [0.2, 0.25) is 0 Å². The van der Waals surface area contributed by atoms with Crippen molar-refractivity contribution in [2.24, 2.45) is 4.99 Å². The third-order valence-electron chi connectivity index (χ3n) is 3.92. The molecule has 0 atom stereocenters. The van der Waals surface area contributed by atoms with Crippen LogP contribution in [0.25, 0.3) is 0 Å². The Morgan fingerprint density at radius 2 is 2.04 bits per heavy atom. The lowest BCUT2D eigenvalue weighted by molar-refractivity contribution is 0.369. The summed E-state index contributed by atoms with van der Waals surface area (Å²) < 4.78 is 18.2. The summed E-state index contributed by atoms with van der Waals surface area (Å²) in [7, 11) is 1.78. The van der Waals surface area contributed by atoms with Crippen LogP contribution in [0.15, 0.2) is 40.2 Å². The molecule has 0 aliphatic carbocycles. The fourth-order valence-electron chi connectivity index (χ4n) is 2.67.